The molecule has 1 amide bonds. The Kier molecular flexibility index (Phi) is 6.39. The van der Waals surface area contributed by atoms with E-state index in [1.807, 2.05) is 38.1 Å². The highest BCUT2D eigenvalue weighted by Gasteiger charge is 2.18. The molecule has 0 aliphatic carbocycles. The Hall–Kier alpha value is -2.38. The number of benzene rings is 2. The van der Waals surface area contributed by atoms with E-state index < -0.39 is 10.0 Å². The minimum absolute atomic E-state index is 0.151. The van der Waals surface area contributed by atoms with E-state index in [9.17, 15) is 13.2 Å². The quantitative estimate of drug-likeness (QED) is 0.806. The summed E-state index contributed by atoms with van der Waals surface area (Å²) in [7, 11) is -0.571. The molecule has 0 saturated heterocycles. The van der Waals surface area contributed by atoms with Crippen molar-refractivity contribution in [3.63, 3.8) is 0 Å². The molecule has 0 fully saturated rings. The van der Waals surface area contributed by atoms with Crippen molar-refractivity contribution in [3.8, 4) is 5.75 Å². The van der Waals surface area contributed by atoms with Crippen molar-refractivity contribution in [2.45, 2.75) is 24.8 Å². The molecule has 26 heavy (non-hydrogen) atoms. The molecule has 0 radical (unpaired) electrons. The molecule has 0 saturated carbocycles. The van der Waals surface area contributed by atoms with E-state index in [-0.39, 0.29) is 16.8 Å². The molecule has 140 valence electrons. The molecular formula is C19H24N2O4S. The SMILES string of the molecule is CCOc1ccc(C(C)NC(=O)c2ccc(S(=O)(=O)N(C)C)cc2)cc1. The molecule has 0 aliphatic rings. The number of hydrogen-bond acceptors (Lipinski definition) is 4. The van der Waals surface area contributed by atoms with Crippen LogP contribution in [0.1, 0.15) is 35.8 Å². The van der Waals surface area contributed by atoms with Gasteiger partial charge in [0, 0.05) is 19.7 Å². The fraction of sp³-hybridized carbons (Fsp3) is 0.316. The molecule has 2 aromatic rings. The summed E-state index contributed by atoms with van der Waals surface area (Å²) in [6.07, 6.45) is 0. The van der Waals surface area contributed by atoms with Gasteiger partial charge in [-0.25, -0.2) is 12.7 Å². The number of carbonyl (C=O) groups excluding carboxylic acids is 1. The van der Waals surface area contributed by atoms with Gasteiger partial charge in [0.2, 0.25) is 10.0 Å². The number of nitrogens with one attached hydrogen (secondary N) is 1. The van der Waals surface area contributed by atoms with E-state index in [1.165, 1.54) is 38.4 Å². The number of ether oxygens (including phenoxy) is 1. The van der Waals surface area contributed by atoms with E-state index in [4.69, 9.17) is 4.74 Å². The zero-order chi connectivity index (χ0) is 19.3. The van der Waals surface area contributed by atoms with Crippen LogP contribution in [0, 0.1) is 0 Å². The summed E-state index contributed by atoms with van der Waals surface area (Å²) in [5.41, 5.74) is 1.36. The number of nitrogens with zero attached hydrogens (tertiary/aromatic N) is 1. The lowest BCUT2D eigenvalue weighted by atomic mass is 10.1. The summed E-state index contributed by atoms with van der Waals surface area (Å²) in [5.74, 6) is 0.521. The van der Waals surface area contributed by atoms with Gasteiger partial charge in [-0.3, -0.25) is 4.79 Å². The van der Waals surface area contributed by atoms with Crippen LogP contribution in [-0.4, -0.2) is 39.3 Å². The number of carbonyl (C=O) groups is 1. The first-order valence-corrected chi connectivity index (χ1v) is 9.76. The maximum absolute atomic E-state index is 12.4. The standard InChI is InChI=1S/C19H24N2O4S/c1-5-25-17-10-6-15(7-11-17)14(2)20-19(22)16-8-12-18(13-9-16)26(23,24)21(3)4/h6-14H,5H2,1-4H3,(H,20,22). The van der Waals surface area contributed by atoms with Crippen LogP contribution in [-0.2, 0) is 10.0 Å². The molecule has 1 N–H and O–H groups in total. The molecule has 6 nitrogen and oxygen atoms in total. The Bertz CT molecular complexity index is 844. The second-order valence-corrected chi connectivity index (χ2v) is 8.16. The number of hydrogen-bond donors (Lipinski definition) is 1. The zero-order valence-electron chi connectivity index (χ0n) is 15.4. The van der Waals surface area contributed by atoms with Crippen molar-refractivity contribution in [3.05, 3.63) is 59.7 Å². The number of amides is 1. The zero-order valence-corrected chi connectivity index (χ0v) is 16.2. The van der Waals surface area contributed by atoms with Crippen LogP contribution in [0.3, 0.4) is 0 Å². The highest BCUT2D eigenvalue weighted by Crippen LogP contribution is 2.19. The molecule has 1 atom stereocenters. The van der Waals surface area contributed by atoms with Crippen molar-refractivity contribution < 1.29 is 17.9 Å². The van der Waals surface area contributed by atoms with Gasteiger partial charge in [-0.2, -0.15) is 0 Å². The van der Waals surface area contributed by atoms with Crippen LogP contribution in [0.2, 0.25) is 0 Å². The minimum Gasteiger partial charge on any atom is -0.494 e. The van der Waals surface area contributed by atoms with Crippen molar-refractivity contribution in [1.29, 1.82) is 0 Å². The van der Waals surface area contributed by atoms with Crippen molar-refractivity contribution >= 4 is 15.9 Å². The molecule has 2 rings (SSSR count). The van der Waals surface area contributed by atoms with Crippen LogP contribution >= 0.6 is 0 Å². The Balaban J connectivity index is 2.07. The lowest BCUT2D eigenvalue weighted by molar-refractivity contribution is 0.0940. The van der Waals surface area contributed by atoms with Gasteiger partial charge in [0.05, 0.1) is 17.5 Å². The third-order valence-electron chi connectivity index (χ3n) is 3.93. The molecule has 0 spiro atoms. The lowest BCUT2D eigenvalue weighted by Gasteiger charge is -2.15. The topological polar surface area (TPSA) is 75.7 Å². The van der Waals surface area contributed by atoms with E-state index in [0.29, 0.717) is 12.2 Å². The van der Waals surface area contributed by atoms with E-state index in [1.54, 1.807) is 0 Å². The predicted molar refractivity (Wildman–Crippen MR) is 101 cm³/mol. The normalized spacial score (nSPS) is 12.7. The van der Waals surface area contributed by atoms with E-state index >= 15 is 0 Å². The average Bonchev–Trinajstić information content (AvgIpc) is 2.62. The molecular weight excluding hydrogens is 352 g/mol. The Morgan fingerprint density at radius 2 is 1.65 bits per heavy atom. The first-order chi connectivity index (χ1) is 12.3. The largest absolute Gasteiger partial charge is 0.494 e. The number of sulfonamides is 1. The molecule has 0 bridgehead atoms. The van der Waals surface area contributed by atoms with Gasteiger partial charge in [-0.15, -0.1) is 0 Å². The highest BCUT2D eigenvalue weighted by molar-refractivity contribution is 7.89. The summed E-state index contributed by atoms with van der Waals surface area (Å²) in [4.78, 5) is 12.5. The summed E-state index contributed by atoms with van der Waals surface area (Å²) in [6, 6.07) is 13.2. The predicted octanol–water partition coefficient (Wildman–Crippen LogP) is 2.83. The third-order valence-corrected chi connectivity index (χ3v) is 5.76. The fourth-order valence-corrected chi connectivity index (χ4v) is 3.27. The maximum atomic E-state index is 12.4. The first-order valence-electron chi connectivity index (χ1n) is 8.32. The third kappa shape index (κ3) is 4.62. The van der Waals surface area contributed by atoms with Crippen molar-refractivity contribution in [1.82, 2.24) is 9.62 Å². The summed E-state index contributed by atoms with van der Waals surface area (Å²) < 4.78 is 30.7. The Labute approximate surface area is 154 Å². The van der Waals surface area contributed by atoms with Crippen LogP contribution in [0.4, 0.5) is 0 Å². The minimum atomic E-state index is -3.50. The van der Waals surface area contributed by atoms with Crippen LogP contribution in [0.25, 0.3) is 0 Å². The monoisotopic (exact) mass is 376 g/mol. The summed E-state index contributed by atoms with van der Waals surface area (Å²) >= 11 is 0. The van der Waals surface area contributed by atoms with Crippen LogP contribution in [0.15, 0.2) is 53.4 Å². The van der Waals surface area contributed by atoms with Gasteiger partial charge >= 0.3 is 0 Å². The molecule has 7 heteroatoms. The van der Waals surface area contributed by atoms with E-state index in [0.717, 1.165) is 15.6 Å². The van der Waals surface area contributed by atoms with Gasteiger partial charge < -0.3 is 10.1 Å². The Morgan fingerprint density at radius 3 is 2.15 bits per heavy atom. The van der Waals surface area contributed by atoms with Crippen molar-refractivity contribution in [2.24, 2.45) is 0 Å². The molecule has 1 unspecified atom stereocenters. The second-order valence-electron chi connectivity index (χ2n) is 6.01. The maximum Gasteiger partial charge on any atom is 0.251 e. The van der Waals surface area contributed by atoms with Crippen molar-refractivity contribution in [2.75, 3.05) is 20.7 Å². The lowest BCUT2D eigenvalue weighted by Crippen LogP contribution is -2.27. The van der Waals surface area contributed by atoms with E-state index in [2.05, 4.69) is 5.32 Å². The molecule has 0 aromatic heterocycles. The van der Waals surface area contributed by atoms with Gasteiger partial charge in [-0.1, -0.05) is 12.1 Å². The highest BCUT2D eigenvalue weighted by atomic mass is 32.2. The smallest absolute Gasteiger partial charge is 0.251 e. The number of rotatable bonds is 7. The summed E-state index contributed by atoms with van der Waals surface area (Å²) in [5, 5.41) is 2.91. The average molecular weight is 376 g/mol. The fourth-order valence-electron chi connectivity index (χ4n) is 2.37. The van der Waals surface area contributed by atoms with Gasteiger partial charge in [0.1, 0.15) is 5.75 Å². The van der Waals surface area contributed by atoms with Gasteiger partial charge in [0.15, 0.2) is 0 Å². The molecule has 2 aromatic carbocycles. The summed E-state index contributed by atoms with van der Waals surface area (Å²) in [6.45, 7) is 4.41. The van der Waals surface area contributed by atoms with Gasteiger partial charge in [0.25, 0.3) is 5.91 Å². The van der Waals surface area contributed by atoms with Crippen LogP contribution in [0.5, 0.6) is 5.75 Å². The second kappa shape index (κ2) is 8.33. The molecule has 0 heterocycles. The molecule has 0 aliphatic heterocycles. The first kappa shape index (κ1) is 19.9. The van der Waals surface area contributed by atoms with Gasteiger partial charge in [-0.05, 0) is 55.8 Å². The Morgan fingerprint density at radius 1 is 1.08 bits per heavy atom. The van der Waals surface area contributed by atoms with Crippen LogP contribution < -0.4 is 10.1 Å².